The number of benzene rings is 1. The molecule has 21 heavy (non-hydrogen) atoms. The Bertz CT molecular complexity index is 736. The summed E-state index contributed by atoms with van der Waals surface area (Å²) < 4.78 is 15.0. The minimum atomic E-state index is 0.0221. The molecule has 0 bridgehead atoms. The zero-order chi connectivity index (χ0) is 14.8. The number of nitrogens with two attached hydrogens (primary N) is 2. The number of ether oxygens (including phenoxy) is 2. The van der Waals surface area contributed by atoms with Crippen LogP contribution in [0.2, 0.25) is 0 Å². The molecule has 1 aromatic heterocycles. The fourth-order valence-electron chi connectivity index (χ4n) is 1.73. The van der Waals surface area contributed by atoms with Crippen LogP contribution in [-0.2, 0) is 0 Å². The fraction of sp³-hybridized carbons (Fsp3) is 0.167. The van der Waals surface area contributed by atoms with Crippen molar-refractivity contribution in [1.82, 2.24) is 10.3 Å². The lowest BCUT2D eigenvalue weighted by Crippen LogP contribution is -2.15. The van der Waals surface area contributed by atoms with Gasteiger partial charge < -0.3 is 20.9 Å². The molecule has 2 aromatic rings. The number of anilines is 1. The van der Waals surface area contributed by atoms with Crippen molar-refractivity contribution in [2.24, 2.45) is 15.9 Å². The monoisotopic (exact) mass is 288 g/mol. The number of amidine groups is 1. The first kappa shape index (κ1) is 12.9. The molecule has 0 spiro atoms. The Morgan fingerprint density at radius 3 is 2.76 bits per heavy atom. The zero-order valence-electron chi connectivity index (χ0n) is 11.1. The van der Waals surface area contributed by atoms with Crippen LogP contribution < -0.4 is 20.9 Å². The van der Waals surface area contributed by atoms with E-state index in [1.165, 1.54) is 0 Å². The van der Waals surface area contributed by atoms with Gasteiger partial charge in [-0.3, -0.25) is 0 Å². The molecular weight excluding hydrogens is 276 g/mol. The average molecular weight is 288 g/mol. The summed E-state index contributed by atoms with van der Waals surface area (Å²) >= 11 is 0. The van der Waals surface area contributed by atoms with Gasteiger partial charge in [0.15, 0.2) is 28.8 Å². The van der Waals surface area contributed by atoms with E-state index < -0.39 is 0 Å². The second kappa shape index (κ2) is 5.12. The molecule has 4 N–H and O–H groups in total. The van der Waals surface area contributed by atoms with Gasteiger partial charge in [0.25, 0.3) is 0 Å². The average Bonchev–Trinajstić information content (AvgIpc) is 3.11. The van der Waals surface area contributed by atoms with Crippen molar-refractivity contribution in [2.45, 2.75) is 6.92 Å². The summed E-state index contributed by atoms with van der Waals surface area (Å²) in [7, 11) is 0. The Kier molecular flexibility index (Phi) is 3.14. The van der Waals surface area contributed by atoms with Crippen molar-refractivity contribution < 1.29 is 14.1 Å². The lowest BCUT2D eigenvalue weighted by Gasteiger charge is -2.01. The molecule has 108 valence electrons. The fourth-order valence-corrected chi connectivity index (χ4v) is 1.73. The number of fused-ring (bicyclic) bond motifs is 1. The number of aromatic nitrogens is 2. The predicted octanol–water partition coefficient (Wildman–Crippen LogP) is 0.510. The summed E-state index contributed by atoms with van der Waals surface area (Å²) in [5, 5.41) is 14.9. The molecular formula is C12H12N6O3. The van der Waals surface area contributed by atoms with Crippen LogP contribution in [-0.4, -0.2) is 28.7 Å². The quantitative estimate of drug-likeness (QED) is 0.477. The molecule has 9 nitrogen and oxygen atoms in total. The Morgan fingerprint density at radius 2 is 2.00 bits per heavy atom. The van der Waals surface area contributed by atoms with Gasteiger partial charge in [0.2, 0.25) is 6.79 Å². The first-order chi connectivity index (χ1) is 10.1. The summed E-state index contributed by atoms with van der Waals surface area (Å²) in [6.45, 7) is 2.01. The van der Waals surface area contributed by atoms with E-state index >= 15 is 0 Å². The van der Waals surface area contributed by atoms with E-state index in [4.69, 9.17) is 20.9 Å². The summed E-state index contributed by atoms with van der Waals surface area (Å²) in [6, 6.07) is 5.48. The van der Waals surface area contributed by atoms with Crippen LogP contribution in [0.25, 0.3) is 0 Å². The first-order valence-corrected chi connectivity index (χ1v) is 6.01. The second-order valence-electron chi connectivity index (χ2n) is 4.24. The van der Waals surface area contributed by atoms with Crippen LogP contribution >= 0.6 is 0 Å². The summed E-state index contributed by atoms with van der Waals surface area (Å²) in [5.74, 6) is 1.46. The van der Waals surface area contributed by atoms with Crippen molar-refractivity contribution in [3.8, 4) is 11.5 Å². The van der Waals surface area contributed by atoms with Crippen molar-refractivity contribution >= 4 is 17.4 Å². The van der Waals surface area contributed by atoms with Gasteiger partial charge in [0, 0.05) is 5.56 Å². The lowest BCUT2D eigenvalue weighted by atomic mass is 10.1. The minimum absolute atomic E-state index is 0.0221. The Hall–Kier alpha value is -3.10. The molecule has 1 aliphatic rings. The number of nitrogen functional groups attached to an aromatic ring is 1. The van der Waals surface area contributed by atoms with Gasteiger partial charge in [0.1, 0.15) is 0 Å². The highest BCUT2D eigenvalue weighted by molar-refractivity contribution is 6.02. The predicted molar refractivity (Wildman–Crippen MR) is 74.2 cm³/mol. The number of rotatable bonds is 3. The molecule has 0 unspecified atom stereocenters. The molecule has 3 rings (SSSR count). The maximum atomic E-state index is 5.71. The third-order valence-electron chi connectivity index (χ3n) is 2.85. The minimum Gasteiger partial charge on any atom is -0.454 e. The maximum absolute atomic E-state index is 5.71. The standard InChI is InChI=1S/C12H12N6O3/c1-6(7-2-3-8-9(4-7)20-5-19-8)15-16-11(13)10-12(14)18-21-17-10/h2-4H,5H2,1H3,(H2,13,16)(H2,14,18). The largest absolute Gasteiger partial charge is 0.454 e. The smallest absolute Gasteiger partial charge is 0.231 e. The van der Waals surface area contributed by atoms with Crippen LogP contribution in [0.3, 0.4) is 0 Å². The van der Waals surface area contributed by atoms with Gasteiger partial charge in [-0.1, -0.05) is 0 Å². The van der Waals surface area contributed by atoms with Crippen molar-refractivity contribution in [3.05, 3.63) is 29.5 Å². The number of hydrogen-bond donors (Lipinski definition) is 2. The molecule has 2 heterocycles. The van der Waals surface area contributed by atoms with Crippen molar-refractivity contribution in [3.63, 3.8) is 0 Å². The van der Waals surface area contributed by atoms with Crippen LogP contribution in [0.1, 0.15) is 18.2 Å². The lowest BCUT2D eigenvalue weighted by molar-refractivity contribution is 0.174. The zero-order valence-corrected chi connectivity index (χ0v) is 11.1. The number of nitrogens with zero attached hydrogens (tertiary/aromatic N) is 4. The molecule has 1 aromatic carbocycles. The molecule has 1 aliphatic heterocycles. The summed E-state index contributed by atoms with van der Waals surface area (Å²) in [5.41, 5.74) is 12.9. The molecule has 0 amide bonds. The van der Waals surface area contributed by atoms with Crippen molar-refractivity contribution in [1.29, 1.82) is 0 Å². The van der Waals surface area contributed by atoms with Gasteiger partial charge >= 0.3 is 0 Å². The van der Waals surface area contributed by atoms with Gasteiger partial charge in [0.05, 0.1) is 5.71 Å². The van der Waals surface area contributed by atoms with Gasteiger partial charge in [-0.2, -0.15) is 5.10 Å². The molecule has 9 heteroatoms. The number of hydrogen-bond acceptors (Lipinski definition) is 8. The van der Waals surface area contributed by atoms with Gasteiger partial charge in [-0.05, 0) is 35.4 Å². The topological polar surface area (TPSA) is 134 Å². The van der Waals surface area contributed by atoms with E-state index in [0.29, 0.717) is 17.2 Å². The normalized spacial score (nSPS) is 14.5. The van der Waals surface area contributed by atoms with E-state index in [2.05, 4.69) is 25.1 Å². The van der Waals surface area contributed by atoms with E-state index in [1.54, 1.807) is 6.92 Å². The third-order valence-corrected chi connectivity index (χ3v) is 2.85. The first-order valence-electron chi connectivity index (χ1n) is 6.01. The highest BCUT2D eigenvalue weighted by atomic mass is 16.7. The van der Waals surface area contributed by atoms with Crippen LogP contribution in [0.4, 0.5) is 5.82 Å². The Balaban J connectivity index is 1.84. The van der Waals surface area contributed by atoms with Crippen molar-refractivity contribution in [2.75, 3.05) is 12.5 Å². The molecule has 0 atom stereocenters. The van der Waals surface area contributed by atoms with Crippen LogP contribution in [0.15, 0.2) is 33.0 Å². The molecule has 0 radical (unpaired) electrons. The summed E-state index contributed by atoms with van der Waals surface area (Å²) in [6.07, 6.45) is 0. The van der Waals surface area contributed by atoms with E-state index in [0.717, 1.165) is 5.56 Å². The molecule has 0 aliphatic carbocycles. The highest BCUT2D eigenvalue weighted by Gasteiger charge is 2.14. The van der Waals surface area contributed by atoms with E-state index in [9.17, 15) is 0 Å². The van der Waals surface area contributed by atoms with Crippen LogP contribution in [0, 0.1) is 0 Å². The second-order valence-corrected chi connectivity index (χ2v) is 4.24. The SMILES string of the molecule is CC(=N/N=C(\N)c1nonc1N)c1ccc2c(c1)OCO2. The molecule has 0 saturated heterocycles. The Labute approximate surface area is 119 Å². The molecule has 0 fully saturated rings. The van der Waals surface area contributed by atoms with Gasteiger partial charge in [-0.25, -0.2) is 4.63 Å². The van der Waals surface area contributed by atoms with Crippen LogP contribution in [0.5, 0.6) is 11.5 Å². The summed E-state index contributed by atoms with van der Waals surface area (Å²) in [4.78, 5) is 0. The van der Waals surface area contributed by atoms with E-state index in [1.807, 2.05) is 18.2 Å². The molecule has 0 saturated carbocycles. The highest BCUT2D eigenvalue weighted by Crippen LogP contribution is 2.32. The third kappa shape index (κ3) is 2.48. The maximum Gasteiger partial charge on any atom is 0.231 e. The Morgan fingerprint density at radius 1 is 1.19 bits per heavy atom. The van der Waals surface area contributed by atoms with Gasteiger partial charge in [-0.15, -0.1) is 5.10 Å². The van der Waals surface area contributed by atoms with E-state index in [-0.39, 0.29) is 24.1 Å².